The van der Waals surface area contributed by atoms with Gasteiger partial charge < -0.3 is 4.52 Å². The van der Waals surface area contributed by atoms with Crippen molar-refractivity contribution in [2.75, 3.05) is 18.9 Å². The van der Waals surface area contributed by atoms with Crippen molar-refractivity contribution in [2.24, 2.45) is 0 Å². The average Bonchev–Trinajstić information content (AvgIpc) is 3.05. The summed E-state index contributed by atoms with van der Waals surface area (Å²) in [7, 11) is 1.91. The molecule has 0 bridgehead atoms. The molecule has 2 aromatic carbocycles. The first-order valence-electron chi connectivity index (χ1n) is 8.57. The fraction of sp³-hybridized carbons (Fsp3) is 0.238. The van der Waals surface area contributed by atoms with Crippen molar-refractivity contribution in [2.45, 2.75) is 20.4 Å². The number of carbonyl (C=O) groups is 1. The summed E-state index contributed by atoms with van der Waals surface area (Å²) >= 11 is 0. The van der Waals surface area contributed by atoms with Gasteiger partial charge in [0.15, 0.2) is 0 Å². The van der Waals surface area contributed by atoms with Gasteiger partial charge in [-0.15, -0.1) is 0 Å². The molecule has 0 atom stereocenters. The number of likely N-dealkylation sites (N-methyl/N-ethyl adjacent to an activating group) is 1. The van der Waals surface area contributed by atoms with E-state index in [9.17, 15) is 4.79 Å². The van der Waals surface area contributed by atoms with Gasteiger partial charge >= 0.3 is 0 Å². The lowest BCUT2D eigenvalue weighted by molar-refractivity contribution is -0.117. The van der Waals surface area contributed by atoms with Gasteiger partial charge in [0.2, 0.25) is 11.8 Å². The first kappa shape index (κ1) is 17.9. The number of aromatic nitrogens is 1. The molecule has 0 aliphatic heterocycles. The Morgan fingerprint density at radius 2 is 1.65 bits per heavy atom. The minimum absolute atomic E-state index is 0.133. The molecule has 0 saturated heterocycles. The van der Waals surface area contributed by atoms with Crippen molar-refractivity contribution in [1.29, 1.82) is 0 Å². The molecule has 0 unspecified atom stereocenters. The van der Waals surface area contributed by atoms with E-state index in [1.165, 1.54) is 16.7 Å². The molecule has 5 heteroatoms. The molecule has 134 valence electrons. The molecule has 0 aliphatic carbocycles. The Kier molecular flexibility index (Phi) is 5.49. The number of nitrogens with one attached hydrogen (secondary N) is 1. The fourth-order valence-corrected chi connectivity index (χ4v) is 2.68. The van der Waals surface area contributed by atoms with Gasteiger partial charge in [-0.2, -0.15) is 0 Å². The number of nitrogens with zero attached hydrogens (tertiary/aromatic N) is 2. The van der Waals surface area contributed by atoms with Crippen molar-refractivity contribution in [3.05, 3.63) is 71.3 Å². The molecule has 3 aromatic rings. The topological polar surface area (TPSA) is 58.4 Å². The third kappa shape index (κ3) is 4.80. The highest BCUT2D eigenvalue weighted by molar-refractivity contribution is 5.91. The number of anilines is 1. The highest BCUT2D eigenvalue weighted by Gasteiger charge is 2.12. The Balaban J connectivity index is 1.54. The zero-order valence-corrected chi connectivity index (χ0v) is 15.3. The summed E-state index contributed by atoms with van der Waals surface area (Å²) in [5.74, 6) is 0.223. The van der Waals surface area contributed by atoms with E-state index in [-0.39, 0.29) is 12.5 Å². The molecular weight excluding hydrogens is 326 g/mol. The highest BCUT2D eigenvalue weighted by Crippen LogP contribution is 2.22. The van der Waals surface area contributed by atoms with Crippen LogP contribution in [-0.4, -0.2) is 29.6 Å². The lowest BCUT2D eigenvalue weighted by Gasteiger charge is -2.15. The van der Waals surface area contributed by atoms with Crippen molar-refractivity contribution in [3.8, 4) is 11.3 Å². The molecule has 0 saturated carbocycles. The summed E-state index contributed by atoms with van der Waals surface area (Å²) in [6.07, 6.45) is 0. The van der Waals surface area contributed by atoms with Gasteiger partial charge in [-0.3, -0.25) is 15.0 Å². The number of hydrogen-bond acceptors (Lipinski definition) is 4. The average molecular weight is 349 g/mol. The summed E-state index contributed by atoms with van der Waals surface area (Å²) < 4.78 is 5.23. The second-order valence-corrected chi connectivity index (χ2v) is 6.65. The summed E-state index contributed by atoms with van der Waals surface area (Å²) in [5.41, 5.74) is 5.24. The molecular formula is C21H23N3O2. The normalized spacial score (nSPS) is 10.9. The van der Waals surface area contributed by atoms with Crippen LogP contribution in [0.15, 0.2) is 59.1 Å². The Morgan fingerprint density at radius 1 is 1.04 bits per heavy atom. The monoisotopic (exact) mass is 349 g/mol. The predicted molar refractivity (Wildman–Crippen MR) is 103 cm³/mol. The van der Waals surface area contributed by atoms with E-state index in [0.29, 0.717) is 18.1 Å². The third-order valence-corrected chi connectivity index (χ3v) is 4.11. The second kappa shape index (κ2) is 7.97. The number of hydrogen-bond donors (Lipinski definition) is 1. The lowest BCUT2D eigenvalue weighted by atomic mass is 10.1. The summed E-state index contributed by atoms with van der Waals surface area (Å²) in [6.45, 7) is 5.07. The van der Waals surface area contributed by atoms with Gasteiger partial charge in [0.25, 0.3) is 0 Å². The lowest BCUT2D eigenvalue weighted by Crippen LogP contribution is -2.29. The summed E-state index contributed by atoms with van der Waals surface area (Å²) in [5, 5.41) is 6.78. The van der Waals surface area contributed by atoms with Crippen LogP contribution in [0.2, 0.25) is 0 Å². The van der Waals surface area contributed by atoms with E-state index in [1.54, 1.807) is 6.07 Å². The quantitative estimate of drug-likeness (QED) is 0.730. The van der Waals surface area contributed by atoms with Gasteiger partial charge in [0.05, 0.1) is 6.54 Å². The SMILES string of the molecule is Cc1ccc(CN(C)CC(=O)Nc2cc(-c3ccc(C)cc3)no2)cc1. The first-order chi connectivity index (χ1) is 12.5. The maximum absolute atomic E-state index is 12.2. The number of benzene rings is 2. The fourth-order valence-electron chi connectivity index (χ4n) is 2.68. The third-order valence-electron chi connectivity index (χ3n) is 4.11. The predicted octanol–water partition coefficient (Wildman–Crippen LogP) is 4.03. The molecule has 1 amide bonds. The number of amides is 1. The molecule has 0 fully saturated rings. The Bertz CT molecular complexity index is 867. The van der Waals surface area contributed by atoms with E-state index in [2.05, 4.69) is 41.7 Å². The Hall–Kier alpha value is -2.92. The molecule has 0 aliphatic rings. The smallest absolute Gasteiger partial charge is 0.240 e. The van der Waals surface area contributed by atoms with Crippen molar-refractivity contribution in [1.82, 2.24) is 10.1 Å². The molecule has 1 N–H and O–H groups in total. The van der Waals surface area contributed by atoms with Crippen LogP contribution in [0, 0.1) is 13.8 Å². The van der Waals surface area contributed by atoms with Crippen LogP contribution in [0.5, 0.6) is 0 Å². The van der Waals surface area contributed by atoms with Crippen molar-refractivity contribution < 1.29 is 9.32 Å². The molecule has 1 heterocycles. The van der Waals surface area contributed by atoms with E-state index in [4.69, 9.17) is 4.52 Å². The first-order valence-corrected chi connectivity index (χ1v) is 8.57. The molecule has 0 radical (unpaired) electrons. The van der Waals surface area contributed by atoms with Gasteiger partial charge in [0, 0.05) is 18.2 Å². The van der Waals surface area contributed by atoms with Crippen molar-refractivity contribution in [3.63, 3.8) is 0 Å². The van der Waals surface area contributed by atoms with E-state index in [1.807, 2.05) is 43.1 Å². The molecule has 3 rings (SSSR count). The van der Waals surface area contributed by atoms with Gasteiger partial charge in [-0.05, 0) is 26.5 Å². The number of aryl methyl sites for hydroxylation is 2. The van der Waals surface area contributed by atoms with Crippen LogP contribution in [0.4, 0.5) is 5.88 Å². The molecule has 1 aromatic heterocycles. The zero-order valence-electron chi connectivity index (χ0n) is 15.3. The van der Waals surface area contributed by atoms with Crippen LogP contribution in [0.25, 0.3) is 11.3 Å². The Morgan fingerprint density at radius 3 is 2.31 bits per heavy atom. The maximum atomic E-state index is 12.2. The van der Waals surface area contributed by atoms with Gasteiger partial charge in [0.1, 0.15) is 5.69 Å². The number of carbonyl (C=O) groups excluding carboxylic acids is 1. The zero-order chi connectivity index (χ0) is 18.5. The molecule has 26 heavy (non-hydrogen) atoms. The van der Waals surface area contributed by atoms with Gasteiger partial charge in [-0.1, -0.05) is 64.8 Å². The van der Waals surface area contributed by atoms with Crippen LogP contribution in [0.1, 0.15) is 16.7 Å². The Labute approximate surface area is 153 Å². The van der Waals surface area contributed by atoms with Gasteiger partial charge in [-0.25, -0.2) is 0 Å². The number of rotatable bonds is 6. The highest BCUT2D eigenvalue weighted by atomic mass is 16.5. The second-order valence-electron chi connectivity index (χ2n) is 6.65. The van der Waals surface area contributed by atoms with E-state index < -0.39 is 0 Å². The standard InChI is InChI=1S/C21H23N3O2/c1-15-4-8-17(9-5-15)13-24(3)14-20(25)22-21-12-19(23-26-21)18-10-6-16(2)7-11-18/h4-12H,13-14H2,1-3H3,(H,22,25). The van der Waals surface area contributed by atoms with E-state index in [0.717, 1.165) is 5.56 Å². The summed E-state index contributed by atoms with van der Waals surface area (Å²) in [6, 6.07) is 18.0. The largest absolute Gasteiger partial charge is 0.338 e. The summed E-state index contributed by atoms with van der Waals surface area (Å²) in [4.78, 5) is 14.2. The van der Waals surface area contributed by atoms with Crippen LogP contribution >= 0.6 is 0 Å². The molecule has 5 nitrogen and oxygen atoms in total. The molecule has 0 spiro atoms. The van der Waals surface area contributed by atoms with Crippen LogP contribution in [0.3, 0.4) is 0 Å². The van der Waals surface area contributed by atoms with Crippen LogP contribution in [-0.2, 0) is 11.3 Å². The maximum Gasteiger partial charge on any atom is 0.240 e. The van der Waals surface area contributed by atoms with Crippen molar-refractivity contribution >= 4 is 11.8 Å². The van der Waals surface area contributed by atoms with Crippen LogP contribution < -0.4 is 5.32 Å². The van der Waals surface area contributed by atoms with E-state index >= 15 is 0 Å². The minimum atomic E-state index is -0.133. The minimum Gasteiger partial charge on any atom is -0.338 e.